The van der Waals surface area contributed by atoms with E-state index < -0.39 is 0 Å². The number of ether oxygens (including phenoxy) is 1. The molecule has 2 heteroatoms. The van der Waals surface area contributed by atoms with E-state index in [-0.39, 0.29) is 0 Å². The van der Waals surface area contributed by atoms with Crippen LogP contribution in [0.25, 0.3) is 0 Å². The number of ketones is 1. The first-order valence-corrected chi connectivity index (χ1v) is 6.07. The second-order valence-corrected chi connectivity index (χ2v) is 4.25. The number of Topliss-reactive ketones (excluding diaryl/α,β-unsaturated/α-hetero) is 1. The Morgan fingerprint density at radius 2 is 2.00 bits per heavy atom. The fourth-order valence-corrected chi connectivity index (χ4v) is 1.90. The van der Waals surface area contributed by atoms with Crippen LogP contribution < -0.4 is 0 Å². The summed E-state index contributed by atoms with van der Waals surface area (Å²) in [6.45, 7) is 4.55. The first kappa shape index (κ1) is 12.4. The van der Waals surface area contributed by atoms with Crippen LogP contribution in [-0.4, -0.2) is 18.5 Å². The molecule has 0 aromatic heterocycles. The van der Waals surface area contributed by atoms with Gasteiger partial charge in [0, 0.05) is 19.4 Å². The second kappa shape index (κ2) is 7.63. The molecule has 1 saturated carbocycles. The third-order valence-electron chi connectivity index (χ3n) is 2.90. The molecule has 0 unspecified atom stereocenters. The Kier molecular flexibility index (Phi) is 6.33. The van der Waals surface area contributed by atoms with Gasteiger partial charge in [-0.05, 0) is 32.1 Å². The van der Waals surface area contributed by atoms with Gasteiger partial charge in [0.1, 0.15) is 5.78 Å². The zero-order chi connectivity index (χ0) is 10.9. The van der Waals surface area contributed by atoms with Gasteiger partial charge in [0.05, 0.1) is 6.10 Å². The first-order valence-electron chi connectivity index (χ1n) is 6.07. The molecule has 0 N–H and O–H groups in total. The van der Waals surface area contributed by atoms with Crippen LogP contribution in [0.4, 0.5) is 0 Å². The molecule has 1 rings (SSSR count). The van der Waals surface area contributed by atoms with Crippen molar-refractivity contribution in [2.24, 2.45) is 0 Å². The normalized spacial score (nSPS) is 18.0. The maximum atomic E-state index is 11.0. The molecule has 0 aliphatic heterocycles. The fourth-order valence-electron chi connectivity index (χ4n) is 1.90. The second-order valence-electron chi connectivity index (χ2n) is 4.25. The highest BCUT2D eigenvalue weighted by atomic mass is 16.5. The molecule has 15 heavy (non-hydrogen) atoms. The molecule has 0 aromatic carbocycles. The minimum absolute atomic E-state index is 0.349. The summed E-state index contributed by atoms with van der Waals surface area (Å²) in [7, 11) is 0. The zero-order valence-electron chi connectivity index (χ0n) is 9.54. The van der Waals surface area contributed by atoms with Crippen molar-refractivity contribution in [1.82, 2.24) is 0 Å². The molecule has 0 spiro atoms. The molecule has 1 aliphatic carbocycles. The minimum atomic E-state index is 0.349. The molecule has 0 radical (unpaired) electrons. The van der Waals surface area contributed by atoms with Gasteiger partial charge in [-0.1, -0.05) is 12.5 Å². The standard InChI is InChI=1S/C13H22O2/c1-2-3-4-5-6-11-15-13-9-7-12(14)8-10-13/h2,13H,1,3-11H2. The average Bonchev–Trinajstić information content (AvgIpc) is 2.26. The molecule has 1 fully saturated rings. The first-order chi connectivity index (χ1) is 7.33. The summed E-state index contributed by atoms with van der Waals surface area (Å²) in [4.78, 5) is 11.0. The molecule has 2 nitrogen and oxygen atoms in total. The summed E-state index contributed by atoms with van der Waals surface area (Å²) in [5.41, 5.74) is 0. The maximum absolute atomic E-state index is 11.0. The lowest BCUT2D eigenvalue weighted by Gasteiger charge is -2.21. The highest BCUT2D eigenvalue weighted by Crippen LogP contribution is 2.18. The molecule has 86 valence electrons. The van der Waals surface area contributed by atoms with Gasteiger partial charge in [-0.2, -0.15) is 0 Å². The van der Waals surface area contributed by atoms with Gasteiger partial charge < -0.3 is 4.74 Å². The third kappa shape index (κ3) is 5.73. The zero-order valence-corrected chi connectivity index (χ0v) is 9.54. The molecule has 0 saturated heterocycles. The smallest absolute Gasteiger partial charge is 0.133 e. The lowest BCUT2D eigenvalue weighted by atomic mass is 9.96. The number of rotatable bonds is 7. The lowest BCUT2D eigenvalue weighted by Crippen LogP contribution is -2.21. The number of unbranched alkanes of at least 4 members (excludes halogenated alkanes) is 3. The van der Waals surface area contributed by atoms with Crippen molar-refractivity contribution in [3.63, 3.8) is 0 Å². The molecule has 0 aromatic rings. The summed E-state index contributed by atoms with van der Waals surface area (Å²) in [5.74, 6) is 0.404. The quantitative estimate of drug-likeness (QED) is 0.476. The van der Waals surface area contributed by atoms with Crippen molar-refractivity contribution in [2.45, 2.75) is 57.5 Å². The van der Waals surface area contributed by atoms with E-state index in [1.54, 1.807) is 0 Å². The van der Waals surface area contributed by atoms with Crippen molar-refractivity contribution in [1.29, 1.82) is 0 Å². The van der Waals surface area contributed by atoms with Crippen molar-refractivity contribution in [2.75, 3.05) is 6.61 Å². The van der Waals surface area contributed by atoms with Gasteiger partial charge >= 0.3 is 0 Å². The predicted molar refractivity (Wildman–Crippen MR) is 61.9 cm³/mol. The molecule has 0 heterocycles. The number of allylic oxidation sites excluding steroid dienone is 1. The van der Waals surface area contributed by atoms with Crippen LogP contribution >= 0.6 is 0 Å². The van der Waals surface area contributed by atoms with Crippen molar-refractivity contribution in [3.8, 4) is 0 Å². The van der Waals surface area contributed by atoms with Gasteiger partial charge in [-0.15, -0.1) is 6.58 Å². The lowest BCUT2D eigenvalue weighted by molar-refractivity contribution is -0.123. The van der Waals surface area contributed by atoms with Gasteiger partial charge in [-0.25, -0.2) is 0 Å². The van der Waals surface area contributed by atoms with Crippen LogP contribution in [0.3, 0.4) is 0 Å². The molecular formula is C13H22O2. The molecule has 0 atom stereocenters. The average molecular weight is 210 g/mol. The van der Waals surface area contributed by atoms with Crippen molar-refractivity contribution < 1.29 is 9.53 Å². The maximum Gasteiger partial charge on any atom is 0.133 e. The van der Waals surface area contributed by atoms with Gasteiger partial charge in [0.25, 0.3) is 0 Å². The predicted octanol–water partition coefficient (Wildman–Crippen LogP) is 3.26. The minimum Gasteiger partial charge on any atom is -0.378 e. The molecular weight excluding hydrogens is 188 g/mol. The Bertz CT molecular complexity index is 189. The summed E-state index contributed by atoms with van der Waals surface area (Å²) in [6, 6.07) is 0. The number of hydrogen-bond donors (Lipinski definition) is 0. The monoisotopic (exact) mass is 210 g/mol. The van der Waals surface area contributed by atoms with E-state index in [2.05, 4.69) is 6.58 Å². The number of hydrogen-bond acceptors (Lipinski definition) is 2. The number of carbonyl (C=O) groups excluding carboxylic acids is 1. The molecule has 0 amide bonds. The van der Waals surface area contributed by atoms with Crippen LogP contribution in [-0.2, 0) is 9.53 Å². The number of carbonyl (C=O) groups is 1. The van der Waals surface area contributed by atoms with Gasteiger partial charge in [-0.3, -0.25) is 4.79 Å². The van der Waals surface area contributed by atoms with E-state index in [0.29, 0.717) is 11.9 Å². The van der Waals surface area contributed by atoms with Crippen molar-refractivity contribution >= 4 is 5.78 Å². The van der Waals surface area contributed by atoms with Gasteiger partial charge in [0.2, 0.25) is 0 Å². The van der Waals surface area contributed by atoms with E-state index in [9.17, 15) is 4.79 Å². The van der Waals surface area contributed by atoms with E-state index in [0.717, 1.165) is 45.1 Å². The van der Waals surface area contributed by atoms with E-state index in [1.807, 2.05) is 6.08 Å². The van der Waals surface area contributed by atoms with Crippen LogP contribution in [0.1, 0.15) is 51.4 Å². The Labute approximate surface area is 92.7 Å². The fraction of sp³-hybridized carbons (Fsp3) is 0.769. The van der Waals surface area contributed by atoms with E-state index >= 15 is 0 Å². The SMILES string of the molecule is C=CCCCCCOC1CCC(=O)CC1. The van der Waals surface area contributed by atoms with E-state index in [1.165, 1.54) is 12.8 Å². The van der Waals surface area contributed by atoms with Crippen LogP contribution in [0.2, 0.25) is 0 Å². The Morgan fingerprint density at radius 1 is 1.27 bits per heavy atom. The summed E-state index contributed by atoms with van der Waals surface area (Å²) in [5, 5.41) is 0. The molecule has 0 bridgehead atoms. The largest absolute Gasteiger partial charge is 0.378 e. The third-order valence-corrected chi connectivity index (χ3v) is 2.90. The van der Waals surface area contributed by atoms with Crippen LogP contribution in [0.5, 0.6) is 0 Å². The Hall–Kier alpha value is -0.630. The van der Waals surface area contributed by atoms with Crippen LogP contribution in [0.15, 0.2) is 12.7 Å². The van der Waals surface area contributed by atoms with Crippen LogP contribution in [0, 0.1) is 0 Å². The highest BCUT2D eigenvalue weighted by molar-refractivity contribution is 5.79. The topological polar surface area (TPSA) is 26.3 Å². The summed E-state index contributed by atoms with van der Waals surface area (Å²) >= 11 is 0. The Balaban J connectivity index is 1.91. The summed E-state index contributed by atoms with van der Waals surface area (Å²) in [6.07, 6.45) is 10.3. The van der Waals surface area contributed by atoms with Gasteiger partial charge in [0.15, 0.2) is 0 Å². The van der Waals surface area contributed by atoms with Crippen molar-refractivity contribution in [3.05, 3.63) is 12.7 Å². The Morgan fingerprint density at radius 3 is 2.67 bits per heavy atom. The molecule has 1 aliphatic rings. The highest BCUT2D eigenvalue weighted by Gasteiger charge is 2.18. The van der Waals surface area contributed by atoms with E-state index in [4.69, 9.17) is 4.74 Å². The summed E-state index contributed by atoms with van der Waals surface area (Å²) < 4.78 is 5.73.